The minimum atomic E-state index is -0.655. The van der Waals surface area contributed by atoms with Crippen LogP contribution < -0.4 is 9.47 Å². The number of methoxy groups -OCH3 is 2. The van der Waals surface area contributed by atoms with Crippen molar-refractivity contribution in [2.75, 3.05) is 14.2 Å². The van der Waals surface area contributed by atoms with Crippen molar-refractivity contribution in [2.45, 2.75) is 6.92 Å². The number of ether oxygens (including phenoxy) is 3. The zero-order valence-corrected chi connectivity index (χ0v) is 14.9. The number of carbonyl (C=O) groups is 1. The van der Waals surface area contributed by atoms with Crippen LogP contribution in [0.3, 0.4) is 0 Å². The van der Waals surface area contributed by atoms with Crippen LogP contribution >= 0.6 is 0 Å². The summed E-state index contributed by atoms with van der Waals surface area (Å²) in [6, 6.07) is 9.75. The Morgan fingerprint density at radius 2 is 1.96 bits per heavy atom. The lowest BCUT2D eigenvalue weighted by molar-refractivity contribution is -0.385. The van der Waals surface area contributed by atoms with Gasteiger partial charge in [-0.3, -0.25) is 10.1 Å². The molecule has 8 nitrogen and oxygen atoms in total. The molecule has 0 saturated carbocycles. The molecule has 0 unspecified atom stereocenters. The first-order valence-electron chi connectivity index (χ1n) is 7.93. The summed E-state index contributed by atoms with van der Waals surface area (Å²) in [6.45, 7) is 1.63. The smallest absolute Gasteiger partial charge is 0.363 e. The Bertz CT molecular complexity index is 994. The first-order valence-corrected chi connectivity index (χ1v) is 7.93. The van der Waals surface area contributed by atoms with Crippen LogP contribution in [-0.2, 0) is 9.53 Å². The standard InChI is InChI=1S/C19H16N2O6/c1-11-7-8-13(10-15(11)21(23)24)18-20-14(19(22)27-18)9-12-5-4-6-16(25-2)17(12)26-3/h4-10H,1-3H3/b14-9-. The lowest BCUT2D eigenvalue weighted by atomic mass is 10.1. The van der Waals surface area contributed by atoms with E-state index in [0.717, 1.165) is 0 Å². The molecule has 3 rings (SSSR count). The summed E-state index contributed by atoms with van der Waals surface area (Å²) < 4.78 is 15.8. The van der Waals surface area contributed by atoms with Gasteiger partial charge in [0.25, 0.3) is 5.69 Å². The summed E-state index contributed by atoms with van der Waals surface area (Å²) in [7, 11) is 3.01. The molecule has 138 valence electrons. The molecule has 1 aliphatic heterocycles. The molecule has 0 N–H and O–H groups in total. The third-order valence-corrected chi connectivity index (χ3v) is 4.00. The van der Waals surface area contributed by atoms with E-state index in [0.29, 0.717) is 28.2 Å². The number of nitro groups is 1. The number of aryl methyl sites for hydroxylation is 1. The van der Waals surface area contributed by atoms with Crippen LogP contribution in [0.4, 0.5) is 5.69 Å². The van der Waals surface area contributed by atoms with Gasteiger partial charge in [-0.05, 0) is 25.1 Å². The summed E-state index contributed by atoms with van der Waals surface area (Å²) in [6.07, 6.45) is 1.51. The van der Waals surface area contributed by atoms with E-state index in [4.69, 9.17) is 14.2 Å². The third-order valence-electron chi connectivity index (χ3n) is 4.00. The van der Waals surface area contributed by atoms with Crippen molar-refractivity contribution in [1.29, 1.82) is 0 Å². The lowest BCUT2D eigenvalue weighted by Gasteiger charge is -2.09. The first-order chi connectivity index (χ1) is 12.9. The number of para-hydroxylation sites is 1. The second-order valence-electron chi connectivity index (χ2n) is 5.68. The van der Waals surface area contributed by atoms with E-state index in [1.807, 2.05) is 0 Å². The van der Waals surface area contributed by atoms with E-state index in [9.17, 15) is 14.9 Å². The molecule has 0 spiro atoms. The summed E-state index contributed by atoms with van der Waals surface area (Å²) in [5.74, 6) is 0.320. The highest BCUT2D eigenvalue weighted by Gasteiger charge is 2.26. The molecule has 0 fully saturated rings. The Kier molecular flexibility index (Phi) is 4.89. The molecule has 0 saturated heterocycles. The monoisotopic (exact) mass is 368 g/mol. The fourth-order valence-electron chi connectivity index (χ4n) is 2.64. The van der Waals surface area contributed by atoms with Crippen molar-refractivity contribution < 1.29 is 23.9 Å². The van der Waals surface area contributed by atoms with Crippen molar-refractivity contribution in [1.82, 2.24) is 0 Å². The summed E-state index contributed by atoms with van der Waals surface area (Å²) in [5, 5.41) is 11.1. The Morgan fingerprint density at radius 1 is 1.19 bits per heavy atom. The quantitative estimate of drug-likeness (QED) is 0.347. The van der Waals surface area contributed by atoms with Gasteiger partial charge in [-0.2, -0.15) is 0 Å². The van der Waals surface area contributed by atoms with Crippen LogP contribution in [-0.4, -0.2) is 31.0 Å². The number of hydrogen-bond donors (Lipinski definition) is 0. The molecular formula is C19H16N2O6. The average molecular weight is 368 g/mol. The molecular weight excluding hydrogens is 352 g/mol. The first kappa shape index (κ1) is 18.1. The van der Waals surface area contributed by atoms with Gasteiger partial charge < -0.3 is 14.2 Å². The van der Waals surface area contributed by atoms with Crippen LogP contribution in [0.5, 0.6) is 11.5 Å². The van der Waals surface area contributed by atoms with Crippen LogP contribution in [0.2, 0.25) is 0 Å². The van der Waals surface area contributed by atoms with E-state index in [1.54, 1.807) is 37.3 Å². The van der Waals surface area contributed by atoms with Gasteiger partial charge >= 0.3 is 5.97 Å². The molecule has 1 heterocycles. The Labute approximate surface area is 154 Å². The average Bonchev–Trinajstić information content (AvgIpc) is 3.02. The van der Waals surface area contributed by atoms with Gasteiger partial charge in [-0.15, -0.1) is 0 Å². The highest BCUT2D eigenvalue weighted by atomic mass is 16.6. The predicted molar refractivity (Wildman–Crippen MR) is 98.0 cm³/mol. The number of nitrogens with zero attached hydrogens (tertiary/aromatic N) is 2. The fraction of sp³-hybridized carbons (Fsp3) is 0.158. The number of esters is 1. The molecule has 0 aromatic heterocycles. The van der Waals surface area contributed by atoms with Gasteiger partial charge in [0.15, 0.2) is 17.2 Å². The lowest BCUT2D eigenvalue weighted by Crippen LogP contribution is -2.06. The maximum atomic E-state index is 12.2. The van der Waals surface area contributed by atoms with Gasteiger partial charge in [0.05, 0.1) is 19.1 Å². The number of carbonyl (C=O) groups excluding carboxylic acids is 1. The second kappa shape index (κ2) is 7.28. The molecule has 2 aromatic rings. The molecule has 0 atom stereocenters. The predicted octanol–water partition coefficient (Wildman–Crippen LogP) is 3.26. The number of hydrogen-bond acceptors (Lipinski definition) is 7. The summed E-state index contributed by atoms with van der Waals surface area (Å²) >= 11 is 0. The number of aliphatic imine (C=N–C) groups is 1. The van der Waals surface area contributed by atoms with E-state index in [2.05, 4.69) is 4.99 Å². The van der Waals surface area contributed by atoms with Crippen LogP contribution in [0.15, 0.2) is 47.1 Å². The Hall–Kier alpha value is -3.68. The molecule has 0 radical (unpaired) electrons. The van der Waals surface area contributed by atoms with E-state index >= 15 is 0 Å². The normalized spacial score (nSPS) is 14.7. The Morgan fingerprint density at radius 3 is 2.63 bits per heavy atom. The van der Waals surface area contributed by atoms with Gasteiger partial charge in [0, 0.05) is 22.8 Å². The van der Waals surface area contributed by atoms with Crippen LogP contribution in [0, 0.1) is 17.0 Å². The number of rotatable bonds is 5. The van der Waals surface area contributed by atoms with Crippen molar-refractivity contribution in [3.63, 3.8) is 0 Å². The minimum absolute atomic E-state index is 0.0104. The number of cyclic esters (lactones) is 1. The van der Waals surface area contributed by atoms with Crippen molar-refractivity contribution in [3.8, 4) is 11.5 Å². The summed E-state index contributed by atoms with van der Waals surface area (Å²) in [4.78, 5) is 27.0. The molecule has 27 heavy (non-hydrogen) atoms. The minimum Gasteiger partial charge on any atom is -0.493 e. The maximum absolute atomic E-state index is 12.2. The largest absolute Gasteiger partial charge is 0.493 e. The zero-order chi connectivity index (χ0) is 19.6. The van der Waals surface area contributed by atoms with Gasteiger partial charge in [-0.1, -0.05) is 18.2 Å². The third kappa shape index (κ3) is 3.50. The highest BCUT2D eigenvalue weighted by molar-refractivity contribution is 6.13. The Balaban J connectivity index is 2.02. The molecule has 0 amide bonds. The van der Waals surface area contributed by atoms with E-state index in [1.165, 1.54) is 26.4 Å². The van der Waals surface area contributed by atoms with Crippen molar-refractivity contribution in [2.24, 2.45) is 4.99 Å². The maximum Gasteiger partial charge on any atom is 0.363 e. The van der Waals surface area contributed by atoms with Gasteiger partial charge in [-0.25, -0.2) is 9.79 Å². The highest BCUT2D eigenvalue weighted by Crippen LogP contribution is 2.33. The second-order valence-corrected chi connectivity index (χ2v) is 5.68. The van der Waals surface area contributed by atoms with Gasteiger partial charge in [0.1, 0.15) is 0 Å². The summed E-state index contributed by atoms with van der Waals surface area (Å²) in [5.41, 5.74) is 1.42. The molecule has 8 heteroatoms. The molecule has 0 aliphatic carbocycles. The topological polar surface area (TPSA) is 100 Å². The number of benzene rings is 2. The van der Waals surface area contributed by atoms with Gasteiger partial charge in [0.2, 0.25) is 5.90 Å². The van der Waals surface area contributed by atoms with Crippen LogP contribution in [0.25, 0.3) is 6.08 Å². The molecule has 0 bridgehead atoms. The van der Waals surface area contributed by atoms with E-state index in [-0.39, 0.29) is 17.3 Å². The fourth-order valence-corrected chi connectivity index (χ4v) is 2.64. The van der Waals surface area contributed by atoms with Crippen molar-refractivity contribution in [3.05, 3.63) is 68.9 Å². The zero-order valence-electron chi connectivity index (χ0n) is 14.9. The molecule has 1 aliphatic rings. The SMILES string of the molecule is COc1cccc(/C=C2\N=C(c3ccc(C)c([N+](=O)[O-])c3)OC2=O)c1OC. The van der Waals surface area contributed by atoms with Crippen molar-refractivity contribution >= 4 is 23.6 Å². The van der Waals surface area contributed by atoms with Crippen LogP contribution in [0.1, 0.15) is 16.7 Å². The van der Waals surface area contributed by atoms with E-state index < -0.39 is 10.9 Å². The molecule has 2 aromatic carbocycles. The number of nitro benzene ring substituents is 1.